The number of hydrogen-bond donors (Lipinski definition) is 1. The van der Waals surface area contributed by atoms with Gasteiger partial charge in [0.15, 0.2) is 12.3 Å². The number of halogens is 2. The molecule has 0 radical (unpaired) electrons. The number of rotatable bonds is 7. The fraction of sp³-hybridized carbons (Fsp3) is 0.280. The molecule has 10 heteroatoms. The number of nitrogens with one attached hydrogen (secondary N) is 1. The molecule has 0 bridgehead atoms. The molecule has 0 aliphatic heterocycles. The summed E-state index contributed by atoms with van der Waals surface area (Å²) in [6.45, 7) is -0.775. The van der Waals surface area contributed by atoms with Crippen molar-refractivity contribution in [3.8, 4) is 5.69 Å². The van der Waals surface area contributed by atoms with Gasteiger partial charge in [-0.05, 0) is 62.1 Å². The van der Waals surface area contributed by atoms with Gasteiger partial charge in [0.1, 0.15) is 5.82 Å². The molecular formula is C25H24ClFN4O4. The second-order valence-corrected chi connectivity index (χ2v) is 8.63. The average Bonchev–Trinajstić information content (AvgIpc) is 3.24. The summed E-state index contributed by atoms with van der Waals surface area (Å²) < 4.78 is 20.2. The Kier molecular flexibility index (Phi) is 7.45. The highest BCUT2D eigenvalue weighted by molar-refractivity contribution is 6.33. The predicted octanol–water partition coefficient (Wildman–Crippen LogP) is 3.80. The Bertz CT molecular complexity index is 1260. The van der Waals surface area contributed by atoms with Crippen LogP contribution in [0.5, 0.6) is 0 Å². The quantitative estimate of drug-likeness (QED) is 0.500. The lowest BCUT2D eigenvalue weighted by Gasteiger charge is -2.17. The second-order valence-electron chi connectivity index (χ2n) is 8.22. The minimum absolute atomic E-state index is 0.149. The van der Waals surface area contributed by atoms with E-state index in [4.69, 9.17) is 16.3 Å². The molecule has 3 aromatic rings. The maximum atomic E-state index is 13.4. The van der Waals surface area contributed by atoms with Gasteiger partial charge in [-0.1, -0.05) is 23.7 Å². The highest BCUT2D eigenvalue weighted by Gasteiger charge is 2.27. The lowest BCUT2D eigenvalue weighted by molar-refractivity contribution is -0.136. The Morgan fingerprint density at radius 1 is 1.11 bits per heavy atom. The first-order chi connectivity index (χ1) is 16.8. The maximum absolute atomic E-state index is 13.4. The summed E-state index contributed by atoms with van der Waals surface area (Å²) in [5.41, 5.74) is 2.90. The van der Waals surface area contributed by atoms with Gasteiger partial charge < -0.3 is 15.0 Å². The number of carbonyl (C=O) groups excluding carboxylic acids is 3. The zero-order valence-corrected chi connectivity index (χ0v) is 19.8. The summed E-state index contributed by atoms with van der Waals surface area (Å²) >= 11 is 6.03. The van der Waals surface area contributed by atoms with Crippen LogP contribution in [-0.4, -0.2) is 52.7 Å². The number of para-hydroxylation sites is 1. The van der Waals surface area contributed by atoms with Gasteiger partial charge in [0.2, 0.25) is 5.91 Å². The first kappa shape index (κ1) is 24.4. The van der Waals surface area contributed by atoms with E-state index in [2.05, 4.69) is 10.4 Å². The van der Waals surface area contributed by atoms with Gasteiger partial charge in [-0.15, -0.1) is 0 Å². The Morgan fingerprint density at radius 3 is 2.57 bits per heavy atom. The average molecular weight is 499 g/mol. The fourth-order valence-electron chi connectivity index (χ4n) is 3.92. The van der Waals surface area contributed by atoms with Gasteiger partial charge in [-0.3, -0.25) is 9.59 Å². The van der Waals surface area contributed by atoms with Crippen molar-refractivity contribution in [3.63, 3.8) is 0 Å². The molecule has 4 rings (SSSR count). The summed E-state index contributed by atoms with van der Waals surface area (Å²) in [4.78, 5) is 38.7. The van der Waals surface area contributed by atoms with Crippen LogP contribution in [0.15, 0.2) is 48.5 Å². The van der Waals surface area contributed by atoms with Crippen molar-refractivity contribution in [2.45, 2.75) is 25.7 Å². The van der Waals surface area contributed by atoms with Crippen molar-refractivity contribution in [2.24, 2.45) is 0 Å². The summed E-state index contributed by atoms with van der Waals surface area (Å²) in [5.74, 6) is -2.06. The number of nitrogens with zero attached hydrogens (tertiary/aromatic N) is 3. The van der Waals surface area contributed by atoms with Gasteiger partial charge in [-0.25, -0.2) is 13.9 Å². The summed E-state index contributed by atoms with van der Waals surface area (Å²) in [6.07, 6.45) is 3.25. The number of anilines is 1. The topological polar surface area (TPSA) is 93.5 Å². The van der Waals surface area contributed by atoms with E-state index in [1.807, 2.05) is 0 Å². The second kappa shape index (κ2) is 10.7. The summed E-state index contributed by atoms with van der Waals surface area (Å²) in [7, 11) is 1.44. The maximum Gasteiger partial charge on any atom is 0.359 e. The zero-order valence-electron chi connectivity index (χ0n) is 19.1. The molecule has 0 saturated heterocycles. The minimum atomic E-state index is -0.716. The third kappa shape index (κ3) is 5.68. The zero-order chi connectivity index (χ0) is 24.9. The molecule has 1 aromatic heterocycles. The molecule has 182 valence electrons. The van der Waals surface area contributed by atoms with Crippen LogP contribution >= 0.6 is 11.6 Å². The highest BCUT2D eigenvalue weighted by Crippen LogP contribution is 2.27. The van der Waals surface area contributed by atoms with Gasteiger partial charge in [0.25, 0.3) is 5.91 Å². The molecule has 1 aliphatic rings. The van der Waals surface area contributed by atoms with E-state index < -0.39 is 24.4 Å². The van der Waals surface area contributed by atoms with E-state index in [0.717, 1.165) is 35.4 Å². The molecule has 0 fully saturated rings. The van der Waals surface area contributed by atoms with E-state index >= 15 is 0 Å². The first-order valence-electron chi connectivity index (χ1n) is 11.2. The van der Waals surface area contributed by atoms with E-state index in [0.29, 0.717) is 22.8 Å². The number of likely N-dealkylation sites (N-methyl/N-ethyl adjacent to an activating group) is 1. The Balaban J connectivity index is 1.39. The molecule has 0 unspecified atom stereocenters. The van der Waals surface area contributed by atoms with Crippen LogP contribution in [0.2, 0.25) is 5.02 Å². The van der Waals surface area contributed by atoms with Crippen LogP contribution in [0.4, 0.5) is 10.1 Å². The van der Waals surface area contributed by atoms with Crippen LogP contribution in [0.3, 0.4) is 0 Å². The van der Waals surface area contributed by atoms with Gasteiger partial charge in [-0.2, -0.15) is 5.10 Å². The van der Waals surface area contributed by atoms with Crippen molar-refractivity contribution in [1.82, 2.24) is 14.7 Å². The van der Waals surface area contributed by atoms with Crippen molar-refractivity contribution in [3.05, 3.63) is 76.3 Å². The molecule has 0 atom stereocenters. The highest BCUT2D eigenvalue weighted by atomic mass is 35.5. The van der Waals surface area contributed by atoms with Gasteiger partial charge in [0, 0.05) is 18.3 Å². The standard InChI is InChI=1S/C25H24ClFN4O4/c1-30(14-22(32)28-20-8-4-3-7-19(20)26)23(33)15-35-25(34)24-18-6-2-5-9-21(18)31(29-24)17-12-10-16(27)11-13-17/h3-4,7-8,10-13H,2,5-6,9,14-15H2,1H3,(H,28,32). The van der Waals surface area contributed by atoms with Crippen LogP contribution in [-0.2, 0) is 27.2 Å². The van der Waals surface area contributed by atoms with Crippen molar-refractivity contribution in [1.29, 1.82) is 0 Å². The number of esters is 1. The number of ether oxygens (including phenoxy) is 1. The largest absolute Gasteiger partial charge is 0.451 e. The van der Waals surface area contributed by atoms with Crippen molar-refractivity contribution >= 4 is 35.1 Å². The van der Waals surface area contributed by atoms with Crippen molar-refractivity contribution < 1.29 is 23.5 Å². The molecule has 2 amide bonds. The number of hydrogen-bond acceptors (Lipinski definition) is 5. The summed E-state index contributed by atoms with van der Waals surface area (Å²) in [6, 6.07) is 12.6. The predicted molar refractivity (Wildman–Crippen MR) is 128 cm³/mol. The fourth-order valence-corrected chi connectivity index (χ4v) is 4.10. The van der Waals surface area contributed by atoms with Gasteiger partial charge in [0.05, 0.1) is 22.9 Å². The SMILES string of the molecule is CN(CC(=O)Nc1ccccc1Cl)C(=O)COC(=O)c1nn(-c2ccc(F)cc2)c2c1CCCC2. The molecule has 0 saturated carbocycles. The van der Waals surface area contributed by atoms with Crippen LogP contribution in [0.25, 0.3) is 5.69 Å². The molecular weight excluding hydrogens is 475 g/mol. The van der Waals surface area contributed by atoms with E-state index in [1.54, 1.807) is 41.1 Å². The number of carbonyl (C=O) groups is 3. The number of fused-ring (bicyclic) bond motifs is 1. The van der Waals surface area contributed by atoms with E-state index in [1.165, 1.54) is 19.2 Å². The molecule has 0 spiro atoms. The van der Waals surface area contributed by atoms with Crippen molar-refractivity contribution in [2.75, 3.05) is 25.5 Å². The third-order valence-electron chi connectivity index (χ3n) is 5.73. The number of aromatic nitrogens is 2. The molecule has 2 aromatic carbocycles. The normalized spacial score (nSPS) is 12.5. The molecule has 1 aliphatic carbocycles. The molecule has 8 nitrogen and oxygen atoms in total. The Morgan fingerprint density at radius 2 is 1.83 bits per heavy atom. The lowest BCUT2D eigenvalue weighted by Crippen LogP contribution is -2.37. The minimum Gasteiger partial charge on any atom is -0.451 e. The Labute approximate surface area is 206 Å². The van der Waals surface area contributed by atoms with Gasteiger partial charge >= 0.3 is 5.97 Å². The molecule has 1 heterocycles. The molecule has 35 heavy (non-hydrogen) atoms. The summed E-state index contributed by atoms with van der Waals surface area (Å²) in [5, 5.41) is 7.45. The Hall–Kier alpha value is -3.72. The van der Waals surface area contributed by atoms with E-state index in [-0.39, 0.29) is 18.1 Å². The third-order valence-corrected chi connectivity index (χ3v) is 6.06. The van der Waals surface area contributed by atoms with Crippen LogP contribution in [0.1, 0.15) is 34.6 Å². The first-order valence-corrected chi connectivity index (χ1v) is 11.5. The van der Waals surface area contributed by atoms with Crippen LogP contribution < -0.4 is 5.32 Å². The number of amides is 2. The molecule has 1 N–H and O–H groups in total. The lowest BCUT2D eigenvalue weighted by atomic mass is 9.95. The monoisotopic (exact) mass is 498 g/mol. The smallest absolute Gasteiger partial charge is 0.359 e. The van der Waals surface area contributed by atoms with E-state index in [9.17, 15) is 18.8 Å². The number of benzene rings is 2. The van der Waals surface area contributed by atoms with Crippen LogP contribution in [0, 0.1) is 5.82 Å².